The molecule has 0 spiro atoms. The van der Waals surface area contributed by atoms with Crippen molar-refractivity contribution in [3.05, 3.63) is 0 Å². The van der Waals surface area contributed by atoms with Gasteiger partial charge < -0.3 is 10.6 Å². The molecule has 1 rings (SSSR count). The quantitative estimate of drug-likeness (QED) is 0.775. The highest BCUT2D eigenvalue weighted by Gasteiger charge is 2.29. The molecule has 1 saturated carbocycles. The second-order valence-corrected chi connectivity index (χ2v) is 6.09. The van der Waals surface area contributed by atoms with Crippen molar-refractivity contribution < 1.29 is 4.79 Å². The second-order valence-electron chi connectivity index (χ2n) is 6.09. The third-order valence-corrected chi connectivity index (χ3v) is 4.04. The summed E-state index contributed by atoms with van der Waals surface area (Å²) in [6, 6.07) is 0. The molecule has 1 amide bonds. The van der Waals surface area contributed by atoms with Crippen LogP contribution in [0.2, 0.25) is 0 Å². The van der Waals surface area contributed by atoms with Gasteiger partial charge in [-0.15, -0.1) is 0 Å². The van der Waals surface area contributed by atoms with E-state index in [1.807, 2.05) is 25.8 Å². The summed E-state index contributed by atoms with van der Waals surface area (Å²) in [5.74, 6) is 1.09. The van der Waals surface area contributed by atoms with Gasteiger partial charge in [0.25, 0.3) is 0 Å². The van der Waals surface area contributed by atoms with Crippen molar-refractivity contribution in [1.29, 1.82) is 0 Å². The van der Waals surface area contributed by atoms with Crippen molar-refractivity contribution in [2.45, 2.75) is 52.4 Å². The summed E-state index contributed by atoms with van der Waals surface area (Å²) in [5, 5.41) is 0. The molecule has 0 aliphatic heterocycles. The first-order valence-electron chi connectivity index (χ1n) is 6.93. The van der Waals surface area contributed by atoms with Gasteiger partial charge in [-0.1, -0.05) is 39.5 Å². The van der Waals surface area contributed by atoms with E-state index >= 15 is 0 Å². The SMILES string of the molecule is CN(CCC1CCCC1)C(=O)C(C)(C)CCN. The summed E-state index contributed by atoms with van der Waals surface area (Å²) in [7, 11) is 1.93. The van der Waals surface area contributed by atoms with E-state index in [2.05, 4.69) is 0 Å². The molecule has 0 aromatic heterocycles. The third kappa shape index (κ3) is 4.30. The van der Waals surface area contributed by atoms with Gasteiger partial charge in [-0.3, -0.25) is 4.79 Å². The fraction of sp³-hybridized carbons (Fsp3) is 0.929. The van der Waals surface area contributed by atoms with Crippen molar-refractivity contribution in [1.82, 2.24) is 4.90 Å². The van der Waals surface area contributed by atoms with Crippen LogP contribution >= 0.6 is 0 Å². The van der Waals surface area contributed by atoms with Crippen LogP contribution in [0, 0.1) is 11.3 Å². The molecule has 0 heterocycles. The molecule has 1 fully saturated rings. The van der Waals surface area contributed by atoms with Crippen LogP contribution in [0.3, 0.4) is 0 Å². The Hall–Kier alpha value is -0.570. The van der Waals surface area contributed by atoms with Crippen molar-refractivity contribution in [2.24, 2.45) is 17.1 Å². The Labute approximate surface area is 106 Å². The zero-order valence-electron chi connectivity index (χ0n) is 11.7. The summed E-state index contributed by atoms with van der Waals surface area (Å²) in [4.78, 5) is 14.1. The first-order chi connectivity index (χ1) is 7.97. The lowest BCUT2D eigenvalue weighted by Gasteiger charge is -2.29. The highest BCUT2D eigenvalue weighted by atomic mass is 16.2. The van der Waals surface area contributed by atoms with Gasteiger partial charge in [-0.05, 0) is 25.3 Å². The minimum Gasteiger partial charge on any atom is -0.345 e. The van der Waals surface area contributed by atoms with Crippen molar-refractivity contribution >= 4 is 5.91 Å². The van der Waals surface area contributed by atoms with E-state index in [1.165, 1.54) is 32.1 Å². The van der Waals surface area contributed by atoms with Gasteiger partial charge in [0.05, 0.1) is 0 Å². The van der Waals surface area contributed by atoms with Crippen LogP contribution in [0.4, 0.5) is 0 Å². The fourth-order valence-corrected chi connectivity index (χ4v) is 2.76. The Kier molecular flexibility index (Phi) is 5.44. The molecule has 0 aromatic carbocycles. The van der Waals surface area contributed by atoms with Crippen LogP contribution in [-0.2, 0) is 4.79 Å². The number of hydrogen-bond donors (Lipinski definition) is 1. The topological polar surface area (TPSA) is 46.3 Å². The average molecular weight is 240 g/mol. The smallest absolute Gasteiger partial charge is 0.228 e. The molecule has 0 atom stereocenters. The highest BCUT2D eigenvalue weighted by Crippen LogP contribution is 2.28. The summed E-state index contributed by atoms with van der Waals surface area (Å²) in [6.07, 6.45) is 7.39. The van der Waals surface area contributed by atoms with E-state index in [0.717, 1.165) is 18.9 Å². The molecule has 3 heteroatoms. The van der Waals surface area contributed by atoms with E-state index < -0.39 is 0 Å². The summed E-state index contributed by atoms with van der Waals surface area (Å²) in [5.41, 5.74) is 5.25. The van der Waals surface area contributed by atoms with E-state index in [1.54, 1.807) is 0 Å². The van der Waals surface area contributed by atoms with Crippen molar-refractivity contribution in [3.8, 4) is 0 Å². The lowest BCUT2D eigenvalue weighted by Crippen LogP contribution is -2.40. The summed E-state index contributed by atoms with van der Waals surface area (Å²) in [6.45, 7) is 5.47. The van der Waals surface area contributed by atoms with E-state index in [9.17, 15) is 4.79 Å². The van der Waals surface area contributed by atoms with Crippen molar-refractivity contribution in [3.63, 3.8) is 0 Å². The van der Waals surface area contributed by atoms with Crippen molar-refractivity contribution in [2.75, 3.05) is 20.1 Å². The molecule has 3 nitrogen and oxygen atoms in total. The van der Waals surface area contributed by atoms with Gasteiger partial charge in [-0.25, -0.2) is 0 Å². The monoisotopic (exact) mass is 240 g/mol. The molecule has 0 unspecified atom stereocenters. The Bertz CT molecular complexity index is 245. The van der Waals surface area contributed by atoms with Crippen LogP contribution in [0.1, 0.15) is 52.4 Å². The molecule has 1 aliphatic carbocycles. The molecule has 1 aliphatic rings. The molecule has 0 bridgehead atoms. The van der Waals surface area contributed by atoms with Gasteiger partial charge in [0.2, 0.25) is 5.91 Å². The molecular formula is C14H28N2O. The molecular weight excluding hydrogens is 212 g/mol. The largest absolute Gasteiger partial charge is 0.345 e. The fourth-order valence-electron chi connectivity index (χ4n) is 2.76. The van der Waals surface area contributed by atoms with Crippen LogP contribution in [0.25, 0.3) is 0 Å². The number of nitrogens with zero attached hydrogens (tertiary/aromatic N) is 1. The van der Waals surface area contributed by atoms with Gasteiger partial charge >= 0.3 is 0 Å². The number of carbonyl (C=O) groups is 1. The number of carbonyl (C=O) groups excluding carboxylic acids is 1. The molecule has 2 N–H and O–H groups in total. The summed E-state index contributed by atoms with van der Waals surface area (Å²) >= 11 is 0. The van der Waals surface area contributed by atoms with E-state index in [-0.39, 0.29) is 11.3 Å². The van der Waals surface area contributed by atoms with Crippen LogP contribution < -0.4 is 5.73 Å². The molecule has 0 saturated heterocycles. The Morgan fingerprint density at radius 3 is 2.47 bits per heavy atom. The number of hydrogen-bond acceptors (Lipinski definition) is 2. The maximum Gasteiger partial charge on any atom is 0.228 e. The van der Waals surface area contributed by atoms with Crippen LogP contribution in [0.5, 0.6) is 0 Å². The predicted molar refractivity (Wildman–Crippen MR) is 71.7 cm³/mol. The summed E-state index contributed by atoms with van der Waals surface area (Å²) < 4.78 is 0. The predicted octanol–water partition coefficient (Wildman–Crippen LogP) is 2.40. The number of amides is 1. The molecule has 0 radical (unpaired) electrons. The zero-order chi connectivity index (χ0) is 12.9. The minimum atomic E-state index is -0.306. The van der Waals surface area contributed by atoms with Gasteiger partial charge in [0, 0.05) is 19.0 Å². The maximum absolute atomic E-state index is 12.2. The van der Waals surface area contributed by atoms with Gasteiger partial charge in [0.1, 0.15) is 0 Å². The van der Waals surface area contributed by atoms with Gasteiger partial charge in [0.15, 0.2) is 0 Å². The molecule has 100 valence electrons. The number of nitrogens with two attached hydrogens (primary N) is 1. The lowest BCUT2D eigenvalue weighted by atomic mass is 9.87. The first kappa shape index (κ1) is 14.5. The van der Waals surface area contributed by atoms with E-state index in [4.69, 9.17) is 5.73 Å². The zero-order valence-corrected chi connectivity index (χ0v) is 11.7. The van der Waals surface area contributed by atoms with Crippen LogP contribution in [0.15, 0.2) is 0 Å². The Morgan fingerprint density at radius 2 is 1.94 bits per heavy atom. The molecule has 0 aromatic rings. The normalized spacial score (nSPS) is 17.4. The molecule has 17 heavy (non-hydrogen) atoms. The number of rotatable bonds is 6. The van der Waals surface area contributed by atoms with Gasteiger partial charge in [-0.2, -0.15) is 0 Å². The Balaban J connectivity index is 2.35. The highest BCUT2D eigenvalue weighted by molar-refractivity contribution is 5.81. The lowest BCUT2D eigenvalue weighted by molar-refractivity contribution is -0.139. The van der Waals surface area contributed by atoms with E-state index in [0.29, 0.717) is 6.54 Å². The second kappa shape index (κ2) is 6.39. The third-order valence-electron chi connectivity index (χ3n) is 4.04. The average Bonchev–Trinajstić information content (AvgIpc) is 2.77. The standard InChI is InChI=1S/C14H28N2O/c1-14(2,9-10-15)13(17)16(3)11-8-12-6-4-5-7-12/h12H,4-11,15H2,1-3H3. The maximum atomic E-state index is 12.2. The van der Waals surface area contributed by atoms with Crippen LogP contribution in [-0.4, -0.2) is 30.9 Å². The first-order valence-corrected chi connectivity index (χ1v) is 6.93. The Morgan fingerprint density at radius 1 is 1.35 bits per heavy atom. The minimum absolute atomic E-state index is 0.237.